The number of carbonyl (C=O) groups is 2. The first-order chi connectivity index (χ1) is 14.1. The number of nitrogens with zero attached hydrogens (tertiary/aromatic N) is 1. The zero-order valence-electron chi connectivity index (χ0n) is 16.2. The minimum absolute atomic E-state index is 0.0318. The molecule has 0 spiro atoms. The maximum absolute atomic E-state index is 12.2. The fraction of sp³-hybridized carbons (Fsp3) is 0.318. The molecule has 2 heterocycles. The second kappa shape index (κ2) is 10.3. The Morgan fingerprint density at radius 2 is 2.00 bits per heavy atom. The predicted molar refractivity (Wildman–Crippen MR) is 111 cm³/mol. The molecule has 1 aromatic heterocycles. The standard InChI is InChI=1S/C22H26N4O3/c27-21(9-5-11-24-20-8-3-4-10-23-20)25-15-16-12-17-6-1-2-7-19(17)26-18(13-16)14-22(28)29/h1-4,6-8,10,12,18,26H,5,9,11,13-15H2,(H,23,24)(H,25,27)(H,28,29)/p-1. The van der Waals surface area contributed by atoms with Crippen molar-refractivity contribution < 1.29 is 14.7 Å². The van der Waals surface area contributed by atoms with Crippen molar-refractivity contribution in [2.24, 2.45) is 0 Å². The van der Waals surface area contributed by atoms with Crippen LogP contribution in [0.3, 0.4) is 0 Å². The minimum atomic E-state index is -1.09. The lowest BCUT2D eigenvalue weighted by atomic mass is 10.0. The molecule has 3 N–H and O–H groups in total. The number of hydrogen-bond acceptors (Lipinski definition) is 6. The van der Waals surface area contributed by atoms with Crippen LogP contribution in [0, 0.1) is 0 Å². The summed E-state index contributed by atoms with van der Waals surface area (Å²) in [5, 5.41) is 20.4. The van der Waals surface area contributed by atoms with Crippen LogP contribution >= 0.6 is 0 Å². The van der Waals surface area contributed by atoms with Crippen LogP contribution in [0.1, 0.15) is 31.2 Å². The number of aromatic nitrogens is 1. The number of para-hydroxylation sites is 1. The van der Waals surface area contributed by atoms with Gasteiger partial charge in [0.2, 0.25) is 5.91 Å². The summed E-state index contributed by atoms with van der Waals surface area (Å²) in [6, 6.07) is 13.1. The van der Waals surface area contributed by atoms with Gasteiger partial charge in [0, 0.05) is 49.8 Å². The van der Waals surface area contributed by atoms with E-state index in [1.165, 1.54) is 0 Å². The second-order valence-corrected chi connectivity index (χ2v) is 7.03. The highest BCUT2D eigenvalue weighted by Gasteiger charge is 2.17. The summed E-state index contributed by atoms with van der Waals surface area (Å²) in [5.41, 5.74) is 2.85. The molecule has 0 fully saturated rings. The van der Waals surface area contributed by atoms with E-state index in [9.17, 15) is 14.7 Å². The van der Waals surface area contributed by atoms with Crippen molar-refractivity contribution in [3.8, 4) is 0 Å². The molecule has 3 rings (SSSR count). The van der Waals surface area contributed by atoms with Crippen LogP contribution in [0.25, 0.3) is 6.08 Å². The van der Waals surface area contributed by atoms with E-state index in [0.29, 0.717) is 32.4 Å². The van der Waals surface area contributed by atoms with Crippen LogP contribution in [-0.2, 0) is 9.59 Å². The Morgan fingerprint density at radius 3 is 2.79 bits per heavy atom. The minimum Gasteiger partial charge on any atom is -0.550 e. The van der Waals surface area contributed by atoms with E-state index in [-0.39, 0.29) is 18.4 Å². The summed E-state index contributed by atoms with van der Waals surface area (Å²) in [5.74, 6) is -0.331. The zero-order valence-corrected chi connectivity index (χ0v) is 16.2. The summed E-state index contributed by atoms with van der Waals surface area (Å²) < 4.78 is 0. The number of amides is 1. The molecule has 7 nitrogen and oxygen atoms in total. The van der Waals surface area contributed by atoms with Crippen molar-refractivity contribution in [2.75, 3.05) is 23.7 Å². The number of nitrogens with one attached hydrogen (secondary N) is 3. The Balaban J connectivity index is 1.49. The molecule has 1 atom stereocenters. The number of pyridine rings is 1. The molecule has 1 aliphatic heterocycles. The van der Waals surface area contributed by atoms with Crippen molar-refractivity contribution in [3.05, 3.63) is 59.8 Å². The Hall–Kier alpha value is -3.35. The number of hydrogen-bond donors (Lipinski definition) is 3. The fourth-order valence-electron chi connectivity index (χ4n) is 3.30. The monoisotopic (exact) mass is 393 g/mol. The summed E-state index contributed by atoms with van der Waals surface area (Å²) >= 11 is 0. The first kappa shape index (κ1) is 20.4. The SMILES string of the molecule is O=C([O-])CC1CC(CNC(=O)CCCNc2ccccn2)=Cc2ccccc2N1. The summed E-state index contributed by atoms with van der Waals surface area (Å²) in [7, 11) is 0. The number of carboxylic acid groups (broad SMARTS) is 1. The van der Waals surface area contributed by atoms with E-state index in [1.54, 1.807) is 6.20 Å². The molecule has 1 aliphatic rings. The van der Waals surface area contributed by atoms with Gasteiger partial charge < -0.3 is 25.9 Å². The Kier molecular flexibility index (Phi) is 7.22. The van der Waals surface area contributed by atoms with Gasteiger partial charge in [0.1, 0.15) is 5.82 Å². The lowest BCUT2D eigenvalue weighted by Crippen LogP contribution is -2.33. The van der Waals surface area contributed by atoms with Gasteiger partial charge in [-0.15, -0.1) is 0 Å². The van der Waals surface area contributed by atoms with Gasteiger partial charge in [-0.2, -0.15) is 0 Å². The third-order valence-electron chi connectivity index (χ3n) is 4.67. The summed E-state index contributed by atoms with van der Waals surface area (Å²) in [4.78, 5) is 27.4. The molecule has 0 bridgehead atoms. The number of rotatable bonds is 9. The average Bonchev–Trinajstić information content (AvgIpc) is 2.88. The molecular weight excluding hydrogens is 368 g/mol. The van der Waals surface area contributed by atoms with Gasteiger partial charge in [0.05, 0.1) is 0 Å². The second-order valence-electron chi connectivity index (χ2n) is 7.03. The highest BCUT2D eigenvalue weighted by atomic mass is 16.4. The normalized spacial score (nSPS) is 15.3. The van der Waals surface area contributed by atoms with E-state index in [4.69, 9.17) is 0 Å². The summed E-state index contributed by atoms with van der Waals surface area (Å²) in [6.45, 7) is 1.06. The third-order valence-corrected chi connectivity index (χ3v) is 4.67. The highest BCUT2D eigenvalue weighted by molar-refractivity contribution is 5.77. The van der Waals surface area contributed by atoms with Gasteiger partial charge >= 0.3 is 0 Å². The number of carbonyl (C=O) groups excluding carboxylic acids is 2. The molecule has 0 radical (unpaired) electrons. The van der Waals surface area contributed by atoms with Crippen LogP contribution in [0.15, 0.2) is 54.2 Å². The number of aliphatic carboxylic acids is 1. The maximum atomic E-state index is 12.2. The van der Waals surface area contributed by atoms with Crippen LogP contribution in [0.4, 0.5) is 11.5 Å². The van der Waals surface area contributed by atoms with Crippen molar-refractivity contribution in [2.45, 2.75) is 31.7 Å². The smallest absolute Gasteiger partial charge is 0.220 e. The molecule has 1 aromatic carbocycles. The Labute approximate surface area is 170 Å². The molecule has 1 unspecified atom stereocenters. The number of anilines is 2. The number of benzene rings is 1. The lowest BCUT2D eigenvalue weighted by Gasteiger charge is -2.20. The van der Waals surface area contributed by atoms with Gasteiger partial charge in [-0.05, 0) is 42.2 Å². The number of fused-ring (bicyclic) bond motifs is 1. The van der Waals surface area contributed by atoms with E-state index >= 15 is 0 Å². The lowest BCUT2D eigenvalue weighted by molar-refractivity contribution is -0.305. The molecule has 1 amide bonds. The molecular formula is C22H25N4O3-. The molecule has 2 aromatic rings. The van der Waals surface area contributed by atoms with Crippen LogP contribution in [0.5, 0.6) is 0 Å². The van der Waals surface area contributed by atoms with Crippen molar-refractivity contribution in [1.82, 2.24) is 10.3 Å². The van der Waals surface area contributed by atoms with E-state index < -0.39 is 5.97 Å². The molecule has 0 saturated heterocycles. The largest absolute Gasteiger partial charge is 0.550 e. The van der Waals surface area contributed by atoms with Crippen LogP contribution in [-0.4, -0.2) is 36.0 Å². The molecule has 0 aliphatic carbocycles. The third kappa shape index (κ3) is 6.64. The van der Waals surface area contributed by atoms with E-state index in [0.717, 1.165) is 22.6 Å². The molecule has 152 valence electrons. The van der Waals surface area contributed by atoms with Gasteiger partial charge in [-0.1, -0.05) is 30.3 Å². The van der Waals surface area contributed by atoms with E-state index in [1.807, 2.05) is 48.5 Å². The van der Waals surface area contributed by atoms with Gasteiger partial charge in [0.25, 0.3) is 0 Å². The number of carboxylic acids is 1. The van der Waals surface area contributed by atoms with Crippen molar-refractivity contribution >= 4 is 29.5 Å². The maximum Gasteiger partial charge on any atom is 0.220 e. The van der Waals surface area contributed by atoms with Crippen LogP contribution in [0.2, 0.25) is 0 Å². The van der Waals surface area contributed by atoms with Crippen LogP contribution < -0.4 is 21.1 Å². The molecule has 7 heteroatoms. The fourth-order valence-corrected chi connectivity index (χ4v) is 3.30. The Morgan fingerprint density at radius 1 is 1.17 bits per heavy atom. The van der Waals surface area contributed by atoms with Crippen molar-refractivity contribution in [1.29, 1.82) is 0 Å². The average molecular weight is 393 g/mol. The first-order valence-corrected chi connectivity index (χ1v) is 9.76. The van der Waals surface area contributed by atoms with Gasteiger partial charge in [0.15, 0.2) is 0 Å². The summed E-state index contributed by atoms with van der Waals surface area (Å²) in [6.07, 6.45) is 5.28. The van der Waals surface area contributed by atoms with Gasteiger partial charge in [-0.3, -0.25) is 4.79 Å². The topological polar surface area (TPSA) is 106 Å². The van der Waals surface area contributed by atoms with E-state index in [2.05, 4.69) is 20.9 Å². The van der Waals surface area contributed by atoms with Gasteiger partial charge in [-0.25, -0.2) is 4.98 Å². The van der Waals surface area contributed by atoms with Crippen molar-refractivity contribution in [3.63, 3.8) is 0 Å². The predicted octanol–water partition coefficient (Wildman–Crippen LogP) is 1.80. The molecule has 0 saturated carbocycles. The highest BCUT2D eigenvalue weighted by Crippen LogP contribution is 2.26. The Bertz CT molecular complexity index is 867. The molecule has 29 heavy (non-hydrogen) atoms. The zero-order chi connectivity index (χ0) is 20.5. The first-order valence-electron chi connectivity index (χ1n) is 9.76. The quantitative estimate of drug-likeness (QED) is 0.561.